The molecule has 0 aromatic rings. The number of likely N-dealkylation sites (N-methyl/N-ethyl adjacent to an activating group) is 1. The van der Waals surface area contributed by atoms with Gasteiger partial charge in [0.1, 0.15) is 17.4 Å². The van der Waals surface area contributed by atoms with Crippen molar-refractivity contribution in [3.05, 3.63) is 35.1 Å². The lowest BCUT2D eigenvalue weighted by molar-refractivity contribution is -0.126. The fraction of sp³-hybridized carbons (Fsp3) is 0.652. The largest absolute Gasteiger partial charge is 0.511 e. The number of fused-ring (bicyclic) bond motifs is 1. The van der Waals surface area contributed by atoms with Gasteiger partial charge in [-0.05, 0) is 44.4 Å². The molecule has 0 aromatic heterocycles. The van der Waals surface area contributed by atoms with Crippen molar-refractivity contribution in [2.24, 2.45) is 29.1 Å². The third-order valence-corrected chi connectivity index (χ3v) is 7.41. The molecule has 0 bridgehead atoms. The molecule has 5 nitrogen and oxygen atoms in total. The highest BCUT2D eigenvalue weighted by molar-refractivity contribution is 6.26. The first-order chi connectivity index (χ1) is 13.2. The molecule has 6 atom stereocenters. The van der Waals surface area contributed by atoms with Crippen molar-refractivity contribution in [3.63, 3.8) is 0 Å². The molecular formula is C23H33NO4. The standard InChI is InChI=1S/C23H33NO4/c1-6-7-16-14(3)11-15-9-8-13(2)10-17(15)23(16,4)21(27)19-20(26)18(12-25)24(5)22(19)28/h6-7,11,13,15-18,25,27H,8-10,12H2,1-5H3. The van der Waals surface area contributed by atoms with Crippen LogP contribution >= 0.6 is 0 Å². The first kappa shape index (κ1) is 20.8. The number of hydrogen-bond acceptors (Lipinski definition) is 4. The van der Waals surface area contributed by atoms with E-state index in [9.17, 15) is 19.8 Å². The first-order valence-corrected chi connectivity index (χ1v) is 10.3. The molecule has 0 aromatic carbocycles. The zero-order valence-electron chi connectivity index (χ0n) is 17.6. The summed E-state index contributed by atoms with van der Waals surface area (Å²) >= 11 is 0. The highest BCUT2D eigenvalue weighted by atomic mass is 16.3. The van der Waals surface area contributed by atoms with E-state index in [0.717, 1.165) is 19.3 Å². The van der Waals surface area contributed by atoms with Gasteiger partial charge < -0.3 is 15.1 Å². The number of hydrogen-bond donors (Lipinski definition) is 2. The molecule has 5 heteroatoms. The maximum atomic E-state index is 12.9. The van der Waals surface area contributed by atoms with Gasteiger partial charge in [0.15, 0.2) is 5.78 Å². The van der Waals surface area contributed by atoms with Gasteiger partial charge in [0.05, 0.1) is 6.61 Å². The summed E-state index contributed by atoms with van der Waals surface area (Å²) < 4.78 is 0. The topological polar surface area (TPSA) is 77.8 Å². The molecule has 3 aliphatic rings. The summed E-state index contributed by atoms with van der Waals surface area (Å²) in [4.78, 5) is 27.0. The number of carbonyl (C=O) groups excluding carboxylic acids is 2. The number of likely N-dealkylation sites (tertiary alicyclic amines) is 1. The summed E-state index contributed by atoms with van der Waals surface area (Å²) in [5.74, 6) is -0.0915. The molecule has 0 spiro atoms. The number of aliphatic hydroxyl groups excluding tert-OH is 2. The number of carbonyl (C=O) groups is 2. The summed E-state index contributed by atoms with van der Waals surface area (Å²) in [6.45, 7) is 7.84. The highest BCUT2D eigenvalue weighted by Crippen LogP contribution is 2.58. The fourth-order valence-electron chi connectivity index (χ4n) is 5.76. The van der Waals surface area contributed by atoms with E-state index in [4.69, 9.17) is 0 Å². The van der Waals surface area contributed by atoms with Gasteiger partial charge in [0.25, 0.3) is 5.91 Å². The molecule has 3 rings (SSSR count). The molecule has 1 amide bonds. The molecule has 0 radical (unpaired) electrons. The van der Waals surface area contributed by atoms with E-state index in [1.54, 1.807) is 0 Å². The van der Waals surface area contributed by atoms with Crippen molar-refractivity contribution in [2.45, 2.75) is 53.0 Å². The molecule has 2 N–H and O–H groups in total. The number of Topliss-reactive ketones (excluding diaryl/α,β-unsaturated/α-hetero) is 1. The maximum Gasteiger partial charge on any atom is 0.261 e. The number of aliphatic hydroxyl groups is 2. The molecule has 28 heavy (non-hydrogen) atoms. The van der Waals surface area contributed by atoms with Crippen molar-refractivity contribution < 1.29 is 19.8 Å². The van der Waals surface area contributed by atoms with E-state index in [2.05, 4.69) is 26.0 Å². The van der Waals surface area contributed by atoms with Gasteiger partial charge in [-0.3, -0.25) is 9.59 Å². The van der Waals surface area contributed by atoms with Crippen LogP contribution in [0.4, 0.5) is 0 Å². The Morgan fingerprint density at radius 1 is 1.36 bits per heavy atom. The molecule has 1 saturated heterocycles. The Bertz CT molecular complexity index is 765. The van der Waals surface area contributed by atoms with Crippen LogP contribution in [0.5, 0.6) is 0 Å². The van der Waals surface area contributed by atoms with Crippen molar-refractivity contribution in [1.82, 2.24) is 4.90 Å². The monoisotopic (exact) mass is 387 g/mol. The second-order valence-corrected chi connectivity index (χ2v) is 9.09. The lowest BCUT2D eigenvalue weighted by atomic mass is 9.52. The first-order valence-electron chi connectivity index (χ1n) is 10.3. The summed E-state index contributed by atoms with van der Waals surface area (Å²) in [6.07, 6.45) is 9.56. The molecular weight excluding hydrogens is 354 g/mol. The number of amides is 1. The third-order valence-electron chi connectivity index (χ3n) is 7.41. The van der Waals surface area contributed by atoms with Gasteiger partial charge in [-0.2, -0.15) is 0 Å². The smallest absolute Gasteiger partial charge is 0.261 e. The minimum atomic E-state index is -0.908. The SMILES string of the molecule is CC=CC1C(C)=CC2CCC(C)CC2C1(C)C(O)=C1C(=O)C(CO)N(C)C1=O. The van der Waals surface area contributed by atoms with Gasteiger partial charge in [-0.15, -0.1) is 0 Å². The quantitative estimate of drug-likeness (QED) is 0.337. The Kier molecular flexibility index (Phi) is 5.59. The fourth-order valence-corrected chi connectivity index (χ4v) is 5.76. The van der Waals surface area contributed by atoms with E-state index in [1.807, 2.05) is 19.9 Å². The second kappa shape index (κ2) is 7.51. The molecule has 1 heterocycles. The van der Waals surface area contributed by atoms with Crippen molar-refractivity contribution in [3.8, 4) is 0 Å². The minimum absolute atomic E-state index is 0.0735. The Hall–Kier alpha value is -1.88. The van der Waals surface area contributed by atoms with Crippen molar-refractivity contribution in [1.29, 1.82) is 0 Å². The average molecular weight is 388 g/mol. The summed E-state index contributed by atoms with van der Waals surface area (Å²) in [5, 5.41) is 21.1. The Balaban J connectivity index is 2.20. The zero-order chi connectivity index (χ0) is 20.8. The average Bonchev–Trinajstić information content (AvgIpc) is 2.87. The predicted octanol–water partition coefficient (Wildman–Crippen LogP) is 3.41. The number of nitrogens with zero attached hydrogens (tertiary/aromatic N) is 1. The van der Waals surface area contributed by atoms with Crippen LogP contribution in [-0.4, -0.2) is 46.5 Å². The van der Waals surface area contributed by atoms with Crippen LogP contribution in [0.25, 0.3) is 0 Å². The molecule has 2 aliphatic carbocycles. The molecule has 1 aliphatic heterocycles. The van der Waals surface area contributed by atoms with Gasteiger partial charge in [0.2, 0.25) is 0 Å². The van der Waals surface area contributed by atoms with Crippen LogP contribution in [0.2, 0.25) is 0 Å². The maximum absolute atomic E-state index is 12.9. The minimum Gasteiger partial charge on any atom is -0.511 e. The Morgan fingerprint density at radius 3 is 2.61 bits per heavy atom. The number of ketones is 1. The summed E-state index contributed by atoms with van der Waals surface area (Å²) in [6, 6.07) is -0.908. The molecule has 2 fully saturated rings. The third kappa shape index (κ3) is 2.95. The van der Waals surface area contributed by atoms with E-state index in [1.165, 1.54) is 17.5 Å². The Labute approximate surface area is 167 Å². The van der Waals surface area contributed by atoms with Crippen LogP contribution in [0, 0.1) is 29.1 Å². The number of allylic oxidation sites excluding steroid dienone is 5. The van der Waals surface area contributed by atoms with Gasteiger partial charge in [-0.25, -0.2) is 0 Å². The second-order valence-electron chi connectivity index (χ2n) is 9.09. The van der Waals surface area contributed by atoms with Gasteiger partial charge >= 0.3 is 0 Å². The molecule has 1 saturated carbocycles. The van der Waals surface area contributed by atoms with Gasteiger partial charge in [0, 0.05) is 18.4 Å². The predicted molar refractivity (Wildman–Crippen MR) is 108 cm³/mol. The highest BCUT2D eigenvalue weighted by Gasteiger charge is 2.55. The van der Waals surface area contributed by atoms with Crippen LogP contribution in [0.3, 0.4) is 0 Å². The molecule has 6 unspecified atom stereocenters. The van der Waals surface area contributed by atoms with E-state index in [-0.39, 0.29) is 23.2 Å². The van der Waals surface area contributed by atoms with Crippen LogP contribution in [0.1, 0.15) is 47.0 Å². The lowest BCUT2D eigenvalue weighted by Gasteiger charge is -2.52. The molecule has 154 valence electrons. The zero-order valence-corrected chi connectivity index (χ0v) is 17.6. The van der Waals surface area contributed by atoms with E-state index in [0.29, 0.717) is 11.8 Å². The van der Waals surface area contributed by atoms with Crippen LogP contribution in [-0.2, 0) is 9.59 Å². The normalized spacial score (nSPS) is 40.7. The van der Waals surface area contributed by atoms with Gasteiger partial charge in [-0.1, -0.05) is 44.1 Å². The van der Waals surface area contributed by atoms with Crippen molar-refractivity contribution in [2.75, 3.05) is 13.7 Å². The lowest BCUT2D eigenvalue weighted by Crippen LogP contribution is -2.47. The van der Waals surface area contributed by atoms with E-state index < -0.39 is 29.8 Å². The number of rotatable bonds is 3. The Morgan fingerprint density at radius 2 is 2.04 bits per heavy atom. The van der Waals surface area contributed by atoms with Crippen LogP contribution in [0.15, 0.2) is 35.1 Å². The summed E-state index contributed by atoms with van der Waals surface area (Å²) in [7, 11) is 1.50. The summed E-state index contributed by atoms with van der Waals surface area (Å²) in [5.41, 5.74) is 0.315. The van der Waals surface area contributed by atoms with Crippen molar-refractivity contribution >= 4 is 11.7 Å². The van der Waals surface area contributed by atoms with E-state index >= 15 is 0 Å². The van der Waals surface area contributed by atoms with Crippen LogP contribution < -0.4 is 0 Å².